The van der Waals surface area contributed by atoms with Crippen molar-refractivity contribution in [3.8, 4) is 0 Å². The Hall–Kier alpha value is -3.14. The van der Waals surface area contributed by atoms with Crippen molar-refractivity contribution in [1.29, 1.82) is 0 Å². The van der Waals surface area contributed by atoms with Crippen molar-refractivity contribution in [1.82, 2.24) is 4.90 Å². The van der Waals surface area contributed by atoms with E-state index in [1.54, 1.807) is 12.1 Å². The lowest BCUT2D eigenvalue weighted by atomic mass is 10.1. The number of carbonyl (C=O) groups excluding carboxylic acids is 1. The minimum atomic E-state index is -4.68. The molecule has 0 saturated carbocycles. The smallest absolute Gasteiger partial charge is 0.379 e. The fourth-order valence-electron chi connectivity index (χ4n) is 2.65. The predicted molar refractivity (Wildman–Crippen MR) is 104 cm³/mol. The number of nitro benzene ring substituents is 1. The molecule has 0 heterocycles. The van der Waals surface area contributed by atoms with Crippen LogP contribution in [0.3, 0.4) is 0 Å². The highest BCUT2D eigenvalue weighted by Crippen LogP contribution is 2.34. The molecule has 0 bridgehead atoms. The van der Waals surface area contributed by atoms with Crippen LogP contribution in [0.15, 0.2) is 42.5 Å². The Morgan fingerprint density at radius 2 is 1.83 bits per heavy atom. The summed E-state index contributed by atoms with van der Waals surface area (Å²) < 4.78 is 38.2. The number of hydrogen-bond donors (Lipinski definition) is 2. The van der Waals surface area contributed by atoms with E-state index in [-0.39, 0.29) is 24.6 Å². The molecule has 0 atom stereocenters. The first-order valence-electron chi connectivity index (χ1n) is 8.70. The molecule has 2 N–H and O–H groups in total. The van der Waals surface area contributed by atoms with E-state index < -0.39 is 22.4 Å². The van der Waals surface area contributed by atoms with Gasteiger partial charge in [0, 0.05) is 31.3 Å². The third-order valence-electron chi connectivity index (χ3n) is 3.97. The standard InChI is InChI=1S/C19H21F3N4O3/c1-25(2)12-13-5-3-4-6-15(13)24-18(27)9-10-23-16-8-7-14(19(20,21)22)11-17(16)26(28)29/h3-8,11,23H,9-10,12H2,1-2H3,(H,24,27). The number of rotatable bonds is 8. The van der Waals surface area contributed by atoms with E-state index in [0.29, 0.717) is 18.3 Å². The number of benzene rings is 2. The lowest BCUT2D eigenvalue weighted by Crippen LogP contribution is -2.19. The van der Waals surface area contributed by atoms with Crippen LogP contribution in [0.4, 0.5) is 30.2 Å². The molecule has 0 fully saturated rings. The van der Waals surface area contributed by atoms with Gasteiger partial charge in [0.1, 0.15) is 5.69 Å². The van der Waals surface area contributed by atoms with Gasteiger partial charge in [-0.1, -0.05) is 18.2 Å². The quantitative estimate of drug-likeness (QED) is 0.505. The molecular formula is C19H21F3N4O3. The summed E-state index contributed by atoms with van der Waals surface area (Å²) in [5.41, 5.74) is -0.297. The summed E-state index contributed by atoms with van der Waals surface area (Å²) >= 11 is 0. The van der Waals surface area contributed by atoms with Gasteiger partial charge >= 0.3 is 6.18 Å². The SMILES string of the molecule is CN(C)Cc1ccccc1NC(=O)CCNc1ccc(C(F)(F)F)cc1[N+](=O)[O-]. The number of para-hydroxylation sites is 1. The van der Waals surface area contributed by atoms with E-state index in [4.69, 9.17) is 0 Å². The van der Waals surface area contributed by atoms with Crippen molar-refractivity contribution < 1.29 is 22.9 Å². The van der Waals surface area contributed by atoms with Crippen LogP contribution >= 0.6 is 0 Å². The number of nitrogens with zero attached hydrogens (tertiary/aromatic N) is 2. The number of nitro groups is 1. The Morgan fingerprint density at radius 3 is 2.45 bits per heavy atom. The third kappa shape index (κ3) is 6.46. The van der Waals surface area contributed by atoms with Crippen LogP contribution in [-0.2, 0) is 17.5 Å². The summed E-state index contributed by atoms with van der Waals surface area (Å²) in [4.78, 5) is 24.3. The minimum Gasteiger partial charge on any atom is -0.379 e. The predicted octanol–water partition coefficient (Wildman–Crippen LogP) is 4.12. The normalized spacial score (nSPS) is 11.4. The molecule has 0 spiro atoms. The monoisotopic (exact) mass is 410 g/mol. The van der Waals surface area contributed by atoms with Crippen molar-refractivity contribution in [2.45, 2.75) is 19.1 Å². The Labute approximate surface area is 165 Å². The summed E-state index contributed by atoms with van der Waals surface area (Å²) in [6, 6.07) is 9.53. The molecule has 2 aromatic carbocycles. The second kappa shape index (κ2) is 9.37. The van der Waals surface area contributed by atoms with E-state index in [0.717, 1.165) is 17.7 Å². The number of hydrogen-bond acceptors (Lipinski definition) is 5. The zero-order chi connectivity index (χ0) is 21.6. The topological polar surface area (TPSA) is 87.5 Å². The number of halogens is 3. The highest BCUT2D eigenvalue weighted by molar-refractivity contribution is 5.91. The van der Waals surface area contributed by atoms with Gasteiger partial charge in [-0.25, -0.2) is 0 Å². The zero-order valence-corrected chi connectivity index (χ0v) is 15.9. The molecule has 10 heteroatoms. The molecule has 0 aliphatic heterocycles. The fourth-order valence-corrected chi connectivity index (χ4v) is 2.65. The summed E-state index contributed by atoms with van der Waals surface area (Å²) in [5, 5.41) is 16.5. The molecule has 0 radical (unpaired) electrons. The summed E-state index contributed by atoms with van der Waals surface area (Å²) in [6.45, 7) is 0.653. The minimum absolute atomic E-state index is 0.0194. The molecule has 29 heavy (non-hydrogen) atoms. The Kier molecular flexibility index (Phi) is 7.16. The van der Waals surface area contributed by atoms with Gasteiger partial charge < -0.3 is 15.5 Å². The van der Waals surface area contributed by atoms with Gasteiger partial charge in [-0.15, -0.1) is 0 Å². The van der Waals surface area contributed by atoms with E-state index >= 15 is 0 Å². The lowest BCUT2D eigenvalue weighted by molar-refractivity contribution is -0.384. The summed E-state index contributed by atoms with van der Waals surface area (Å²) in [5.74, 6) is -0.321. The van der Waals surface area contributed by atoms with Gasteiger partial charge in [0.15, 0.2) is 0 Å². The van der Waals surface area contributed by atoms with Crippen molar-refractivity contribution in [2.75, 3.05) is 31.3 Å². The summed E-state index contributed by atoms with van der Waals surface area (Å²) in [6.07, 6.45) is -4.70. The Balaban J connectivity index is 2.00. The Morgan fingerprint density at radius 1 is 1.14 bits per heavy atom. The van der Waals surface area contributed by atoms with Gasteiger partial charge in [0.05, 0.1) is 10.5 Å². The molecule has 156 valence electrons. The van der Waals surface area contributed by atoms with Gasteiger partial charge in [0.2, 0.25) is 5.91 Å². The maximum absolute atomic E-state index is 12.7. The molecule has 0 aliphatic carbocycles. The first kappa shape index (κ1) is 22.2. The van der Waals surface area contributed by atoms with Crippen LogP contribution in [-0.4, -0.2) is 36.4 Å². The van der Waals surface area contributed by atoms with E-state index in [2.05, 4.69) is 10.6 Å². The number of carbonyl (C=O) groups is 1. The Bertz CT molecular complexity index is 885. The molecule has 1 amide bonds. The first-order valence-corrected chi connectivity index (χ1v) is 8.70. The lowest BCUT2D eigenvalue weighted by Gasteiger charge is -2.15. The molecular weight excluding hydrogens is 389 g/mol. The first-order chi connectivity index (χ1) is 13.6. The maximum Gasteiger partial charge on any atom is 0.416 e. The molecule has 2 aromatic rings. The molecule has 0 saturated heterocycles. The summed E-state index contributed by atoms with van der Waals surface area (Å²) in [7, 11) is 3.80. The second-order valence-corrected chi connectivity index (χ2v) is 6.61. The van der Waals surface area contributed by atoms with Crippen molar-refractivity contribution >= 4 is 23.0 Å². The third-order valence-corrected chi connectivity index (χ3v) is 3.97. The van der Waals surface area contributed by atoms with Gasteiger partial charge in [-0.3, -0.25) is 14.9 Å². The molecule has 7 nitrogen and oxygen atoms in total. The van der Waals surface area contributed by atoms with E-state index in [9.17, 15) is 28.1 Å². The maximum atomic E-state index is 12.7. The number of nitrogens with one attached hydrogen (secondary N) is 2. The molecule has 0 unspecified atom stereocenters. The average molecular weight is 410 g/mol. The van der Waals surface area contributed by atoms with E-state index in [1.165, 1.54) is 0 Å². The number of amides is 1. The molecule has 0 aliphatic rings. The number of anilines is 2. The van der Waals surface area contributed by atoms with Crippen LogP contribution in [0.1, 0.15) is 17.5 Å². The second-order valence-electron chi connectivity index (χ2n) is 6.61. The fraction of sp³-hybridized carbons (Fsp3) is 0.316. The van der Waals surface area contributed by atoms with Gasteiger partial charge in [-0.2, -0.15) is 13.2 Å². The largest absolute Gasteiger partial charge is 0.416 e. The highest BCUT2D eigenvalue weighted by Gasteiger charge is 2.33. The molecule has 2 rings (SSSR count). The van der Waals surface area contributed by atoms with Crippen LogP contribution in [0.25, 0.3) is 0 Å². The number of alkyl halides is 3. The van der Waals surface area contributed by atoms with Crippen LogP contribution in [0.2, 0.25) is 0 Å². The van der Waals surface area contributed by atoms with Crippen LogP contribution in [0.5, 0.6) is 0 Å². The van der Waals surface area contributed by atoms with Gasteiger partial charge in [0.25, 0.3) is 5.69 Å². The van der Waals surface area contributed by atoms with Gasteiger partial charge in [-0.05, 0) is 37.9 Å². The van der Waals surface area contributed by atoms with Crippen molar-refractivity contribution in [3.63, 3.8) is 0 Å². The van der Waals surface area contributed by atoms with Crippen LogP contribution in [0, 0.1) is 10.1 Å². The zero-order valence-electron chi connectivity index (χ0n) is 15.9. The van der Waals surface area contributed by atoms with Crippen molar-refractivity contribution in [3.05, 3.63) is 63.7 Å². The van der Waals surface area contributed by atoms with Crippen molar-refractivity contribution in [2.24, 2.45) is 0 Å². The molecule has 0 aromatic heterocycles. The van der Waals surface area contributed by atoms with E-state index in [1.807, 2.05) is 31.1 Å². The average Bonchev–Trinajstić information content (AvgIpc) is 2.62. The van der Waals surface area contributed by atoms with Crippen LogP contribution < -0.4 is 10.6 Å². The highest BCUT2D eigenvalue weighted by atomic mass is 19.4.